The van der Waals surface area contributed by atoms with E-state index >= 15 is 0 Å². The van der Waals surface area contributed by atoms with E-state index in [1.54, 1.807) is 11.0 Å². The largest absolute Gasteiger partial charge is 0.455 e. The average molecular weight is 420 g/mol. The van der Waals surface area contributed by atoms with Crippen molar-refractivity contribution in [2.24, 2.45) is 5.16 Å². The molecule has 1 aromatic heterocycles. The second-order valence-electron chi connectivity index (χ2n) is 8.83. The Hall–Kier alpha value is -2.32. The van der Waals surface area contributed by atoms with Gasteiger partial charge in [-0.05, 0) is 24.2 Å². The lowest BCUT2D eigenvalue weighted by molar-refractivity contribution is 0.276. The molecule has 0 bridgehead atoms. The third-order valence-electron chi connectivity index (χ3n) is 5.64. The Morgan fingerprint density at radius 2 is 1.93 bits per heavy atom. The van der Waals surface area contributed by atoms with Crippen LogP contribution in [0.5, 0.6) is 0 Å². The summed E-state index contributed by atoms with van der Waals surface area (Å²) in [6.45, 7) is 11.2. The van der Waals surface area contributed by atoms with E-state index in [1.807, 2.05) is 0 Å². The predicted octanol–water partition coefficient (Wildman–Crippen LogP) is 4.72. The van der Waals surface area contributed by atoms with Gasteiger partial charge in [-0.15, -0.1) is 5.16 Å². The van der Waals surface area contributed by atoms with Gasteiger partial charge in [-0.2, -0.15) is 0 Å². The number of rotatable bonds is 5. The van der Waals surface area contributed by atoms with Crippen molar-refractivity contribution in [1.29, 1.82) is 0 Å². The molecule has 1 aliphatic rings. The lowest BCUT2D eigenvalue weighted by Crippen LogP contribution is -2.49. The quantitative estimate of drug-likeness (QED) is 0.563. The molecule has 156 valence electrons. The monoisotopic (exact) mass is 419 g/mol. The lowest BCUT2D eigenvalue weighted by Gasteiger charge is -2.36. The molecular weight excluding hydrogens is 392 g/mol. The van der Waals surface area contributed by atoms with Gasteiger partial charge in [-0.3, -0.25) is 0 Å². The van der Waals surface area contributed by atoms with Crippen molar-refractivity contribution in [3.8, 4) is 11.1 Å². The molecule has 0 unspecified atom stereocenters. The Balaban J connectivity index is 1.71. The minimum absolute atomic E-state index is 0.0621. The molecule has 0 amide bonds. The Labute approximate surface area is 171 Å². The van der Waals surface area contributed by atoms with Gasteiger partial charge in [0.25, 0.3) is 8.32 Å². The first-order valence-electron chi connectivity index (χ1n) is 9.56. The molecule has 0 spiro atoms. The highest BCUT2D eigenvalue weighted by Gasteiger charge is 2.40. The van der Waals surface area contributed by atoms with Crippen molar-refractivity contribution in [2.75, 3.05) is 18.0 Å². The highest BCUT2D eigenvalue weighted by molar-refractivity contribution is 6.74. The summed E-state index contributed by atoms with van der Waals surface area (Å²) in [4.78, 5) is 5.95. The van der Waals surface area contributed by atoms with Crippen LogP contribution < -0.4 is 4.90 Å². The van der Waals surface area contributed by atoms with E-state index < -0.39 is 26.6 Å². The summed E-state index contributed by atoms with van der Waals surface area (Å²) in [6, 6.07) is 5.92. The Morgan fingerprint density at radius 1 is 1.24 bits per heavy atom. The minimum Gasteiger partial charge on any atom is -0.455 e. The lowest BCUT2D eigenvalue weighted by atomic mass is 10.0. The van der Waals surface area contributed by atoms with Crippen molar-refractivity contribution in [3.63, 3.8) is 0 Å². The van der Waals surface area contributed by atoms with E-state index in [1.165, 1.54) is 24.4 Å². The average Bonchev–Trinajstić information content (AvgIpc) is 2.60. The van der Waals surface area contributed by atoms with Gasteiger partial charge in [0.2, 0.25) is 0 Å². The van der Waals surface area contributed by atoms with Crippen LogP contribution in [-0.2, 0) is 11.1 Å². The first-order chi connectivity index (χ1) is 13.5. The van der Waals surface area contributed by atoms with E-state index in [9.17, 15) is 13.9 Å². The van der Waals surface area contributed by atoms with E-state index in [0.29, 0.717) is 18.7 Å². The van der Waals surface area contributed by atoms with Crippen LogP contribution in [0.3, 0.4) is 0 Å². The van der Waals surface area contributed by atoms with Gasteiger partial charge < -0.3 is 14.5 Å². The molecule has 2 heterocycles. The van der Waals surface area contributed by atoms with Crippen molar-refractivity contribution in [2.45, 2.75) is 45.5 Å². The molecule has 0 saturated carbocycles. The van der Waals surface area contributed by atoms with E-state index in [2.05, 4.69) is 44.0 Å². The highest BCUT2D eigenvalue weighted by atomic mass is 28.4. The van der Waals surface area contributed by atoms with Gasteiger partial charge in [0.1, 0.15) is 5.82 Å². The molecule has 5 nitrogen and oxygen atoms in total. The smallest absolute Gasteiger partial charge is 0.286 e. The minimum atomic E-state index is -1.97. The number of pyridine rings is 1. The fourth-order valence-electron chi connectivity index (χ4n) is 2.65. The van der Waals surface area contributed by atoms with Crippen LogP contribution in [0.4, 0.5) is 14.6 Å². The fourth-order valence-corrected chi connectivity index (χ4v) is 3.28. The zero-order chi connectivity index (χ0) is 21.4. The van der Waals surface area contributed by atoms with Crippen LogP contribution in [0.15, 0.2) is 35.6 Å². The highest BCUT2D eigenvalue weighted by Crippen LogP contribution is 2.37. The molecular formula is C21H27F2N3O2Si. The molecule has 29 heavy (non-hydrogen) atoms. The molecule has 0 aliphatic carbocycles. The number of benzene rings is 1. The number of nitrogens with zero attached hydrogens (tertiary/aromatic N) is 3. The molecule has 2 aromatic rings. The van der Waals surface area contributed by atoms with Crippen LogP contribution in [0.1, 0.15) is 26.3 Å². The third kappa shape index (κ3) is 4.33. The number of aromatic nitrogens is 1. The zero-order valence-electron chi connectivity index (χ0n) is 17.5. The summed E-state index contributed by atoms with van der Waals surface area (Å²) in [5.74, 6) is -0.885. The van der Waals surface area contributed by atoms with E-state index in [0.717, 1.165) is 5.71 Å². The van der Waals surface area contributed by atoms with Crippen LogP contribution >= 0.6 is 0 Å². The zero-order valence-corrected chi connectivity index (χ0v) is 18.5. The number of halogens is 2. The number of aliphatic hydroxyl groups excluding tert-OH is 1. The predicted molar refractivity (Wildman–Crippen MR) is 113 cm³/mol. The topological polar surface area (TPSA) is 58.0 Å². The van der Waals surface area contributed by atoms with Gasteiger partial charge in [0, 0.05) is 22.9 Å². The summed E-state index contributed by atoms with van der Waals surface area (Å²) in [5.41, 5.74) is 1.55. The van der Waals surface area contributed by atoms with Crippen molar-refractivity contribution in [3.05, 3.63) is 47.7 Å². The van der Waals surface area contributed by atoms with Crippen LogP contribution in [-0.4, -0.2) is 37.2 Å². The molecule has 8 heteroatoms. The second kappa shape index (κ2) is 7.83. The molecule has 1 saturated heterocycles. The maximum absolute atomic E-state index is 14.6. The maximum Gasteiger partial charge on any atom is 0.286 e. The Morgan fingerprint density at radius 3 is 2.52 bits per heavy atom. The summed E-state index contributed by atoms with van der Waals surface area (Å²) < 4.78 is 34.9. The molecule has 3 rings (SSSR count). The standard InChI is InChI=1S/C21H27F2N3O2Si/c1-21(2,3)29(4,5)28-25-16-11-26(12-16)20-18(22)9-15(10-24-20)17-8-6-7-14(13-27)19(17)23/h6-10,27H,11-13H2,1-5H3. The fraction of sp³-hybridized carbons (Fsp3) is 0.429. The number of hydrogen-bond acceptors (Lipinski definition) is 5. The van der Waals surface area contributed by atoms with Crippen LogP contribution in [0.2, 0.25) is 18.1 Å². The summed E-state index contributed by atoms with van der Waals surface area (Å²) >= 11 is 0. The van der Waals surface area contributed by atoms with Gasteiger partial charge in [-0.25, -0.2) is 13.8 Å². The molecule has 0 radical (unpaired) electrons. The SMILES string of the molecule is CC(C)(C)[Si](C)(C)ON=C1CN(c2ncc(-c3cccc(CO)c3F)cc2F)C1. The Kier molecular flexibility index (Phi) is 5.78. The maximum atomic E-state index is 14.6. The van der Waals surface area contributed by atoms with Crippen molar-refractivity contribution in [1.82, 2.24) is 4.98 Å². The van der Waals surface area contributed by atoms with Gasteiger partial charge in [0.15, 0.2) is 11.6 Å². The molecule has 1 N–H and O–H groups in total. The van der Waals surface area contributed by atoms with E-state index in [4.69, 9.17) is 4.53 Å². The first kappa shape index (κ1) is 21.4. The normalized spacial score (nSPS) is 14.6. The van der Waals surface area contributed by atoms with Gasteiger partial charge in [0.05, 0.1) is 25.4 Å². The van der Waals surface area contributed by atoms with Crippen molar-refractivity contribution >= 4 is 19.8 Å². The Bertz CT molecular complexity index is 934. The number of anilines is 1. The molecule has 1 aromatic carbocycles. The van der Waals surface area contributed by atoms with Gasteiger partial charge in [-0.1, -0.05) is 39.0 Å². The summed E-state index contributed by atoms with van der Waals surface area (Å²) in [6.07, 6.45) is 1.44. The summed E-state index contributed by atoms with van der Waals surface area (Å²) in [5, 5.41) is 13.6. The van der Waals surface area contributed by atoms with Crippen molar-refractivity contribution < 1.29 is 18.4 Å². The number of aliphatic hydroxyl groups is 1. The molecule has 1 aliphatic heterocycles. The number of oxime groups is 1. The third-order valence-corrected chi connectivity index (χ3v) is 9.80. The van der Waals surface area contributed by atoms with Crippen LogP contribution in [0, 0.1) is 11.6 Å². The van der Waals surface area contributed by atoms with Crippen LogP contribution in [0.25, 0.3) is 11.1 Å². The van der Waals surface area contributed by atoms with Gasteiger partial charge >= 0.3 is 0 Å². The number of hydrogen-bond donors (Lipinski definition) is 1. The second-order valence-corrected chi connectivity index (χ2v) is 13.5. The molecule has 0 atom stereocenters. The molecule has 1 fully saturated rings. The van der Waals surface area contributed by atoms with E-state index in [-0.39, 0.29) is 22.0 Å². The summed E-state index contributed by atoms with van der Waals surface area (Å²) in [7, 11) is -1.97. The first-order valence-corrected chi connectivity index (χ1v) is 12.5.